The molecular weight excluding hydrogens is 304 g/mol. The molecule has 0 amide bonds. The predicted octanol–water partition coefficient (Wildman–Crippen LogP) is 4.16. The summed E-state index contributed by atoms with van der Waals surface area (Å²) in [5.74, 6) is 0.957. The van der Waals surface area contributed by atoms with E-state index < -0.39 is 0 Å². The van der Waals surface area contributed by atoms with Crippen molar-refractivity contribution in [2.24, 2.45) is 0 Å². The van der Waals surface area contributed by atoms with Gasteiger partial charge in [0.05, 0.1) is 11.2 Å². The van der Waals surface area contributed by atoms with E-state index in [4.69, 9.17) is 21.6 Å². The molecule has 0 radical (unpaired) electrons. The van der Waals surface area contributed by atoms with Crippen molar-refractivity contribution in [2.45, 2.75) is 0 Å². The lowest BCUT2D eigenvalue weighted by molar-refractivity contribution is 0.478. The number of rotatable bonds is 2. The zero-order valence-corrected chi connectivity index (χ0v) is 10.9. The number of ether oxygens (including phenoxy) is 1. The maximum absolute atomic E-state index is 8.99. The first-order valence-electron chi connectivity index (χ1n) is 4.67. The standard InChI is InChI=1S/C12H6BrClN2O/c13-8-4-9(7-16-6-8)17-12-3-1-2-11(14)10(12)5-15/h1-4,6-7H. The van der Waals surface area contributed by atoms with Gasteiger partial charge in [0, 0.05) is 10.7 Å². The van der Waals surface area contributed by atoms with Crippen molar-refractivity contribution in [3.8, 4) is 17.6 Å². The molecule has 2 rings (SSSR count). The van der Waals surface area contributed by atoms with Crippen LogP contribution in [0, 0.1) is 11.3 Å². The van der Waals surface area contributed by atoms with Crippen LogP contribution in [0.15, 0.2) is 41.1 Å². The molecule has 3 nitrogen and oxygen atoms in total. The second kappa shape index (κ2) is 5.17. The molecular formula is C12H6BrClN2O. The first-order chi connectivity index (χ1) is 8.20. The molecule has 1 aromatic heterocycles. The smallest absolute Gasteiger partial charge is 0.146 e. The van der Waals surface area contributed by atoms with Gasteiger partial charge in [-0.3, -0.25) is 4.98 Å². The van der Waals surface area contributed by atoms with Gasteiger partial charge in [0.15, 0.2) is 0 Å². The number of benzene rings is 1. The monoisotopic (exact) mass is 308 g/mol. The molecule has 0 unspecified atom stereocenters. The van der Waals surface area contributed by atoms with Crippen molar-refractivity contribution in [3.63, 3.8) is 0 Å². The molecule has 0 bridgehead atoms. The second-order valence-corrected chi connectivity index (χ2v) is 4.49. The summed E-state index contributed by atoms with van der Waals surface area (Å²) in [7, 11) is 0. The number of halogens is 2. The average Bonchev–Trinajstić information content (AvgIpc) is 2.29. The molecule has 1 heterocycles. The maximum Gasteiger partial charge on any atom is 0.146 e. The highest BCUT2D eigenvalue weighted by molar-refractivity contribution is 9.10. The Morgan fingerprint density at radius 2 is 2.18 bits per heavy atom. The Bertz CT molecular complexity index is 595. The van der Waals surface area contributed by atoms with Crippen LogP contribution in [-0.2, 0) is 0 Å². The Morgan fingerprint density at radius 1 is 1.35 bits per heavy atom. The quantitative estimate of drug-likeness (QED) is 0.836. The van der Waals surface area contributed by atoms with E-state index >= 15 is 0 Å². The fourth-order valence-corrected chi connectivity index (χ4v) is 1.83. The second-order valence-electron chi connectivity index (χ2n) is 3.17. The summed E-state index contributed by atoms with van der Waals surface area (Å²) in [6.45, 7) is 0. The van der Waals surface area contributed by atoms with Crippen molar-refractivity contribution in [1.29, 1.82) is 5.26 Å². The fourth-order valence-electron chi connectivity index (χ4n) is 1.27. The topological polar surface area (TPSA) is 45.9 Å². The van der Waals surface area contributed by atoms with Gasteiger partial charge >= 0.3 is 0 Å². The molecule has 5 heteroatoms. The van der Waals surface area contributed by atoms with Gasteiger partial charge in [-0.1, -0.05) is 17.7 Å². The highest BCUT2D eigenvalue weighted by Crippen LogP contribution is 2.30. The Balaban J connectivity index is 2.37. The molecule has 0 saturated carbocycles. The molecule has 2 aromatic rings. The van der Waals surface area contributed by atoms with Gasteiger partial charge in [0.1, 0.15) is 23.1 Å². The minimum absolute atomic E-state index is 0.314. The van der Waals surface area contributed by atoms with Crippen LogP contribution >= 0.6 is 27.5 Å². The molecule has 0 spiro atoms. The highest BCUT2D eigenvalue weighted by atomic mass is 79.9. The van der Waals surface area contributed by atoms with Crippen LogP contribution in [-0.4, -0.2) is 4.98 Å². The molecule has 0 fully saturated rings. The molecule has 0 aliphatic carbocycles. The van der Waals surface area contributed by atoms with Crippen molar-refractivity contribution < 1.29 is 4.74 Å². The van der Waals surface area contributed by atoms with Gasteiger partial charge in [-0.2, -0.15) is 5.26 Å². The van der Waals surface area contributed by atoms with Crippen molar-refractivity contribution >= 4 is 27.5 Å². The Labute approximate surface area is 112 Å². The van der Waals surface area contributed by atoms with Crippen LogP contribution in [0.4, 0.5) is 0 Å². The van der Waals surface area contributed by atoms with Gasteiger partial charge in [0.25, 0.3) is 0 Å². The third kappa shape index (κ3) is 2.76. The SMILES string of the molecule is N#Cc1c(Cl)cccc1Oc1cncc(Br)c1. The molecule has 84 valence electrons. The third-order valence-corrected chi connectivity index (χ3v) is 2.74. The number of hydrogen-bond donors (Lipinski definition) is 0. The van der Waals surface area contributed by atoms with E-state index in [1.54, 1.807) is 36.7 Å². The summed E-state index contributed by atoms with van der Waals surface area (Å²) < 4.78 is 6.36. The summed E-state index contributed by atoms with van der Waals surface area (Å²) in [5, 5.41) is 9.36. The zero-order chi connectivity index (χ0) is 12.3. The van der Waals surface area contributed by atoms with E-state index in [1.165, 1.54) is 0 Å². The van der Waals surface area contributed by atoms with Crippen LogP contribution in [0.2, 0.25) is 5.02 Å². The van der Waals surface area contributed by atoms with Crippen LogP contribution in [0.5, 0.6) is 11.5 Å². The molecule has 17 heavy (non-hydrogen) atoms. The van der Waals surface area contributed by atoms with E-state index in [-0.39, 0.29) is 0 Å². The summed E-state index contributed by atoms with van der Waals surface area (Å²) in [5.41, 5.74) is 0.314. The minimum atomic E-state index is 0.314. The van der Waals surface area contributed by atoms with Crippen molar-refractivity contribution in [1.82, 2.24) is 4.98 Å². The van der Waals surface area contributed by atoms with Crippen LogP contribution in [0.1, 0.15) is 5.56 Å². The largest absolute Gasteiger partial charge is 0.454 e. The van der Waals surface area contributed by atoms with Gasteiger partial charge < -0.3 is 4.74 Å². The van der Waals surface area contributed by atoms with E-state index in [1.807, 2.05) is 6.07 Å². The first-order valence-corrected chi connectivity index (χ1v) is 5.85. The number of aromatic nitrogens is 1. The van der Waals surface area contributed by atoms with Gasteiger partial charge in [-0.15, -0.1) is 0 Å². The lowest BCUT2D eigenvalue weighted by Gasteiger charge is -2.07. The van der Waals surface area contributed by atoms with Crippen molar-refractivity contribution in [2.75, 3.05) is 0 Å². The normalized spacial score (nSPS) is 9.71. The number of hydrogen-bond acceptors (Lipinski definition) is 3. The summed E-state index contributed by atoms with van der Waals surface area (Å²) in [6.07, 6.45) is 3.21. The predicted molar refractivity (Wildman–Crippen MR) is 68.2 cm³/mol. The summed E-state index contributed by atoms with van der Waals surface area (Å²) in [4.78, 5) is 3.97. The minimum Gasteiger partial charge on any atom is -0.454 e. The van der Waals surface area contributed by atoms with E-state index in [9.17, 15) is 0 Å². The summed E-state index contributed by atoms with van der Waals surface area (Å²) in [6, 6.07) is 8.83. The van der Waals surface area contributed by atoms with Crippen molar-refractivity contribution in [3.05, 3.63) is 51.7 Å². The first kappa shape index (κ1) is 11.9. The highest BCUT2D eigenvalue weighted by Gasteiger charge is 2.08. The van der Waals surface area contributed by atoms with Crippen LogP contribution in [0.25, 0.3) is 0 Å². The molecule has 0 aliphatic heterocycles. The van der Waals surface area contributed by atoms with E-state index in [2.05, 4.69) is 20.9 Å². The van der Waals surface area contributed by atoms with Gasteiger partial charge in [-0.25, -0.2) is 0 Å². The lowest BCUT2D eigenvalue weighted by Crippen LogP contribution is -1.89. The molecule has 1 aromatic carbocycles. The van der Waals surface area contributed by atoms with E-state index in [0.717, 1.165) is 4.47 Å². The fraction of sp³-hybridized carbons (Fsp3) is 0. The Hall–Kier alpha value is -1.57. The van der Waals surface area contributed by atoms with Gasteiger partial charge in [-0.05, 0) is 34.1 Å². The number of pyridine rings is 1. The Kier molecular flexibility index (Phi) is 3.62. The van der Waals surface area contributed by atoms with Gasteiger partial charge in [0.2, 0.25) is 0 Å². The molecule has 0 N–H and O–H groups in total. The Morgan fingerprint density at radius 3 is 2.88 bits per heavy atom. The average molecular weight is 310 g/mol. The molecule has 0 aliphatic rings. The zero-order valence-electron chi connectivity index (χ0n) is 8.52. The third-order valence-electron chi connectivity index (χ3n) is 1.99. The lowest BCUT2D eigenvalue weighted by atomic mass is 10.2. The number of nitriles is 1. The molecule has 0 saturated heterocycles. The maximum atomic E-state index is 8.99. The van der Waals surface area contributed by atoms with Crippen LogP contribution in [0.3, 0.4) is 0 Å². The summed E-state index contributed by atoms with van der Waals surface area (Å²) >= 11 is 9.19. The van der Waals surface area contributed by atoms with Crippen LogP contribution < -0.4 is 4.74 Å². The number of nitrogens with zero attached hydrogens (tertiary/aromatic N) is 2. The van der Waals surface area contributed by atoms with E-state index in [0.29, 0.717) is 22.1 Å². The molecule has 0 atom stereocenters.